The van der Waals surface area contributed by atoms with Gasteiger partial charge in [-0.2, -0.15) is 0 Å². The number of thioether (sulfide) groups is 1. The van der Waals surface area contributed by atoms with E-state index in [0.29, 0.717) is 12.3 Å². The molecule has 1 aromatic heterocycles. The summed E-state index contributed by atoms with van der Waals surface area (Å²) in [6.45, 7) is 2.75. The molecule has 1 fully saturated rings. The Balaban J connectivity index is 1.58. The first-order valence-corrected chi connectivity index (χ1v) is 9.45. The molecule has 0 bridgehead atoms. The zero-order valence-electron chi connectivity index (χ0n) is 14.1. The second-order valence-electron chi connectivity index (χ2n) is 6.36. The predicted octanol–water partition coefficient (Wildman–Crippen LogP) is 4.56. The highest BCUT2D eigenvalue weighted by molar-refractivity contribution is 8.00. The zero-order valence-corrected chi connectivity index (χ0v) is 14.9. The third kappa shape index (κ3) is 3.35. The predicted molar refractivity (Wildman–Crippen MR) is 103 cm³/mol. The van der Waals surface area contributed by atoms with Crippen molar-refractivity contribution >= 4 is 17.7 Å². The van der Waals surface area contributed by atoms with Crippen molar-refractivity contribution in [3.05, 3.63) is 89.7 Å². The van der Waals surface area contributed by atoms with Gasteiger partial charge in [-0.1, -0.05) is 48.0 Å². The fraction of sp³-hybridized carbons (Fsp3) is 0.190. The van der Waals surface area contributed by atoms with E-state index in [9.17, 15) is 4.79 Å². The summed E-state index contributed by atoms with van der Waals surface area (Å²) in [7, 11) is 0. The molecule has 3 aromatic rings. The van der Waals surface area contributed by atoms with Gasteiger partial charge in [0.1, 0.15) is 5.37 Å². The summed E-state index contributed by atoms with van der Waals surface area (Å²) in [4.78, 5) is 14.4. The summed E-state index contributed by atoms with van der Waals surface area (Å²) >= 11 is 1.70. The lowest BCUT2D eigenvalue weighted by molar-refractivity contribution is -0.128. The van der Waals surface area contributed by atoms with E-state index in [1.54, 1.807) is 11.8 Å². The number of amides is 1. The van der Waals surface area contributed by atoms with Gasteiger partial charge in [0.15, 0.2) is 0 Å². The summed E-state index contributed by atoms with van der Waals surface area (Å²) in [5, 5.41) is 0.0828. The number of hydrogen-bond acceptors (Lipinski definition) is 2. The molecule has 4 heteroatoms. The Morgan fingerprint density at radius 3 is 2.56 bits per heavy atom. The van der Waals surface area contributed by atoms with Gasteiger partial charge in [0, 0.05) is 30.2 Å². The number of aryl methyl sites for hydroxylation is 1. The van der Waals surface area contributed by atoms with Gasteiger partial charge < -0.3 is 9.47 Å². The second kappa shape index (κ2) is 6.81. The van der Waals surface area contributed by atoms with Crippen molar-refractivity contribution in [3.63, 3.8) is 0 Å². The number of nitrogens with zero attached hydrogens (tertiary/aromatic N) is 2. The van der Waals surface area contributed by atoms with Crippen molar-refractivity contribution in [3.8, 4) is 5.69 Å². The van der Waals surface area contributed by atoms with Crippen LogP contribution in [0, 0.1) is 6.92 Å². The van der Waals surface area contributed by atoms with Crippen molar-refractivity contribution in [1.82, 2.24) is 9.47 Å². The first-order chi connectivity index (χ1) is 12.2. The normalized spacial score (nSPS) is 17.2. The topological polar surface area (TPSA) is 25.2 Å². The van der Waals surface area contributed by atoms with E-state index >= 15 is 0 Å². The minimum absolute atomic E-state index is 0.0828. The third-order valence-electron chi connectivity index (χ3n) is 4.50. The highest BCUT2D eigenvalue weighted by Gasteiger charge is 2.33. The van der Waals surface area contributed by atoms with Gasteiger partial charge in [-0.3, -0.25) is 4.79 Å². The molecule has 4 rings (SSSR count). The zero-order chi connectivity index (χ0) is 17.2. The maximum atomic E-state index is 12.4. The summed E-state index contributed by atoms with van der Waals surface area (Å²) in [5.41, 5.74) is 4.73. The van der Waals surface area contributed by atoms with E-state index in [-0.39, 0.29) is 11.3 Å². The van der Waals surface area contributed by atoms with Gasteiger partial charge in [0.25, 0.3) is 0 Å². The number of aromatic nitrogens is 1. The van der Waals surface area contributed by atoms with Crippen LogP contribution in [0.1, 0.15) is 22.1 Å². The van der Waals surface area contributed by atoms with Crippen LogP contribution in [0.2, 0.25) is 0 Å². The molecule has 1 amide bonds. The Labute approximate surface area is 152 Å². The van der Waals surface area contributed by atoms with Crippen molar-refractivity contribution in [2.24, 2.45) is 0 Å². The lowest BCUT2D eigenvalue weighted by Gasteiger charge is -2.23. The SMILES string of the molecule is Cc1ccc(-n2ccc([C@@H]3SCC(=O)N3Cc3ccccc3)c2)cc1. The van der Waals surface area contributed by atoms with Crippen LogP contribution in [0.15, 0.2) is 73.1 Å². The highest BCUT2D eigenvalue weighted by atomic mass is 32.2. The second-order valence-corrected chi connectivity index (χ2v) is 7.43. The minimum Gasteiger partial charge on any atom is -0.323 e. The third-order valence-corrected chi connectivity index (χ3v) is 5.75. The summed E-state index contributed by atoms with van der Waals surface area (Å²) in [6.07, 6.45) is 4.21. The Morgan fingerprint density at radius 1 is 1.04 bits per heavy atom. The molecule has 1 saturated heterocycles. The molecule has 1 atom stereocenters. The molecule has 0 unspecified atom stereocenters. The van der Waals surface area contributed by atoms with Gasteiger partial charge in [0.2, 0.25) is 5.91 Å². The maximum Gasteiger partial charge on any atom is 0.234 e. The quantitative estimate of drug-likeness (QED) is 0.690. The molecule has 0 radical (unpaired) electrons. The smallest absolute Gasteiger partial charge is 0.234 e. The van der Waals surface area contributed by atoms with Crippen LogP contribution in [0.5, 0.6) is 0 Å². The fourth-order valence-electron chi connectivity index (χ4n) is 3.12. The number of carbonyl (C=O) groups excluding carboxylic acids is 1. The summed E-state index contributed by atoms with van der Waals surface area (Å²) in [6, 6.07) is 20.8. The number of hydrogen-bond donors (Lipinski definition) is 0. The number of benzene rings is 2. The Bertz CT molecular complexity index is 870. The first-order valence-electron chi connectivity index (χ1n) is 8.41. The Hall–Kier alpha value is -2.46. The van der Waals surface area contributed by atoms with E-state index in [1.165, 1.54) is 16.7 Å². The van der Waals surface area contributed by atoms with Crippen LogP contribution < -0.4 is 0 Å². The van der Waals surface area contributed by atoms with Crippen LogP contribution in [-0.2, 0) is 11.3 Å². The molecule has 3 nitrogen and oxygen atoms in total. The van der Waals surface area contributed by atoms with E-state index in [4.69, 9.17) is 0 Å². The number of carbonyl (C=O) groups is 1. The van der Waals surface area contributed by atoms with Crippen LogP contribution in [-0.4, -0.2) is 21.1 Å². The van der Waals surface area contributed by atoms with E-state index in [1.807, 2.05) is 23.1 Å². The van der Waals surface area contributed by atoms with E-state index < -0.39 is 0 Å². The first kappa shape index (κ1) is 16.0. The molecule has 0 spiro atoms. The molecular weight excluding hydrogens is 328 g/mol. The Morgan fingerprint density at radius 2 is 1.80 bits per heavy atom. The molecule has 1 aliphatic heterocycles. The van der Waals surface area contributed by atoms with Gasteiger partial charge in [0.05, 0.1) is 5.75 Å². The Kier molecular flexibility index (Phi) is 4.36. The molecule has 0 aliphatic carbocycles. The average Bonchev–Trinajstić information content (AvgIpc) is 3.24. The van der Waals surface area contributed by atoms with Crippen LogP contribution in [0.25, 0.3) is 5.69 Å². The van der Waals surface area contributed by atoms with Crippen molar-refractivity contribution in [2.45, 2.75) is 18.8 Å². The molecular formula is C21H20N2OS. The summed E-state index contributed by atoms with van der Waals surface area (Å²) < 4.78 is 2.12. The van der Waals surface area contributed by atoms with Crippen LogP contribution in [0.4, 0.5) is 0 Å². The minimum atomic E-state index is 0.0828. The van der Waals surface area contributed by atoms with Gasteiger partial charge in [-0.25, -0.2) is 0 Å². The van der Waals surface area contributed by atoms with Gasteiger partial charge >= 0.3 is 0 Å². The lowest BCUT2D eigenvalue weighted by atomic mass is 10.2. The maximum absolute atomic E-state index is 12.4. The number of rotatable bonds is 4. The molecule has 1 aliphatic rings. The molecule has 126 valence electrons. The fourth-order valence-corrected chi connectivity index (χ4v) is 4.29. The largest absolute Gasteiger partial charge is 0.323 e. The van der Waals surface area contributed by atoms with Crippen molar-refractivity contribution in [1.29, 1.82) is 0 Å². The molecule has 2 aromatic carbocycles. The average molecular weight is 348 g/mol. The van der Waals surface area contributed by atoms with E-state index in [2.05, 4.69) is 66.3 Å². The van der Waals surface area contributed by atoms with Crippen molar-refractivity contribution in [2.75, 3.05) is 5.75 Å². The summed E-state index contributed by atoms with van der Waals surface area (Å²) in [5.74, 6) is 0.759. The van der Waals surface area contributed by atoms with Gasteiger partial charge in [-0.05, 0) is 30.7 Å². The van der Waals surface area contributed by atoms with Crippen molar-refractivity contribution < 1.29 is 4.79 Å². The van der Waals surface area contributed by atoms with Crippen LogP contribution >= 0.6 is 11.8 Å². The monoisotopic (exact) mass is 348 g/mol. The van der Waals surface area contributed by atoms with Gasteiger partial charge in [-0.15, -0.1) is 11.8 Å². The highest BCUT2D eigenvalue weighted by Crippen LogP contribution is 2.39. The molecule has 0 saturated carbocycles. The van der Waals surface area contributed by atoms with Crippen LogP contribution in [0.3, 0.4) is 0 Å². The standard InChI is InChI=1S/C21H20N2OS/c1-16-7-9-19(10-8-16)22-12-11-18(14-22)21-23(20(24)15-25-21)13-17-5-3-2-4-6-17/h2-12,14,21H,13,15H2,1H3/t21-/m0/s1. The molecule has 25 heavy (non-hydrogen) atoms. The molecule has 2 heterocycles. The molecule has 0 N–H and O–H groups in total. The lowest BCUT2D eigenvalue weighted by Crippen LogP contribution is -2.27. The van der Waals surface area contributed by atoms with E-state index in [0.717, 1.165) is 5.69 Å².